The summed E-state index contributed by atoms with van der Waals surface area (Å²) in [7, 11) is 0. The van der Waals surface area contributed by atoms with Gasteiger partial charge in [-0.05, 0) is 36.2 Å². The summed E-state index contributed by atoms with van der Waals surface area (Å²) < 4.78 is 0. The monoisotopic (exact) mass is 470 g/mol. The minimum absolute atomic E-state index is 0.153. The van der Waals surface area contributed by atoms with Crippen LogP contribution in [0, 0.1) is 6.92 Å². The standard InChI is InChI=1S/C31H26N4O/c1-22-32-28(23-12-5-2-6-13-23)21-29(33-22)34-27-19-11-18-26(20-27)31(36)35-30(24-14-7-3-8-15-24)25-16-9-4-10-17-25/h2-21,30H,1H3,(H,35,36)(H,32,33,34). The van der Waals surface area contributed by atoms with E-state index in [9.17, 15) is 4.79 Å². The molecular weight excluding hydrogens is 444 g/mol. The molecular formula is C31H26N4O. The number of carbonyl (C=O) groups excluding carboxylic acids is 1. The molecule has 1 heterocycles. The fraction of sp³-hybridized carbons (Fsp3) is 0.0645. The highest BCUT2D eigenvalue weighted by Gasteiger charge is 2.18. The molecule has 1 amide bonds. The summed E-state index contributed by atoms with van der Waals surface area (Å²) in [5, 5.41) is 6.54. The Morgan fingerprint density at radius 1 is 0.694 bits per heavy atom. The lowest BCUT2D eigenvalue weighted by Gasteiger charge is -2.20. The molecule has 0 spiro atoms. The molecule has 4 aromatic carbocycles. The van der Waals surface area contributed by atoms with Gasteiger partial charge in [0.1, 0.15) is 11.6 Å². The van der Waals surface area contributed by atoms with Gasteiger partial charge in [-0.15, -0.1) is 0 Å². The van der Waals surface area contributed by atoms with Gasteiger partial charge in [-0.2, -0.15) is 0 Å². The van der Waals surface area contributed by atoms with Crippen molar-refractivity contribution in [3.63, 3.8) is 0 Å². The van der Waals surface area contributed by atoms with Gasteiger partial charge < -0.3 is 10.6 Å². The number of hydrogen-bond acceptors (Lipinski definition) is 4. The van der Waals surface area contributed by atoms with E-state index in [1.54, 1.807) is 0 Å². The molecule has 5 heteroatoms. The van der Waals surface area contributed by atoms with Crippen molar-refractivity contribution in [1.29, 1.82) is 0 Å². The number of anilines is 2. The van der Waals surface area contributed by atoms with Crippen LogP contribution in [0.2, 0.25) is 0 Å². The van der Waals surface area contributed by atoms with Crippen LogP contribution in [0.4, 0.5) is 11.5 Å². The molecule has 0 aliphatic heterocycles. The summed E-state index contributed by atoms with van der Waals surface area (Å²) in [6.45, 7) is 1.87. The lowest BCUT2D eigenvalue weighted by atomic mass is 9.98. The molecule has 5 rings (SSSR count). The molecule has 0 saturated carbocycles. The van der Waals surface area contributed by atoms with Crippen LogP contribution in [-0.2, 0) is 0 Å². The van der Waals surface area contributed by atoms with Crippen LogP contribution in [0.1, 0.15) is 33.4 Å². The fourth-order valence-corrected chi connectivity index (χ4v) is 4.14. The lowest BCUT2D eigenvalue weighted by Crippen LogP contribution is -2.29. The molecule has 176 valence electrons. The molecule has 5 aromatic rings. The van der Waals surface area contributed by atoms with Crippen LogP contribution >= 0.6 is 0 Å². The summed E-state index contributed by atoms with van der Waals surface area (Å²) in [6.07, 6.45) is 0. The molecule has 36 heavy (non-hydrogen) atoms. The van der Waals surface area contributed by atoms with Gasteiger partial charge in [0.05, 0.1) is 11.7 Å². The zero-order chi connectivity index (χ0) is 24.7. The van der Waals surface area contributed by atoms with E-state index in [1.165, 1.54) is 0 Å². The number of nitrogens with zero attached hydrogens (tertiary/aromatic N) is 2. The maximum Gasteiger partial charge on any atom is 0.252 e. The van der Waals surface area contributed by atoms with Crippen LogP contribution < -0.4 is 10.6 Å². The quantitative estimate of drug-likeness (QED) is 0.277. The van der Waals surface area contributed by atoms with E-state index in [0.29, 0.717) is 17.2 Å². The smallest absolute Gasteiger partial charge is 0.252 e. The average Bonchev–Trinajstić information content (AvgIpc) is 2.93. The topological polar surface area (TPSA) is 66.9 Å². The predicted octanol–water partition coefficient (Wildman–Crippen LogP) is 6.72. The summed E-state index contributed by atoms with van der Waals surface area (Å²) in [5.41, 5.74) is 5.24. The van der Waals surface area contributed by atoms with Gasteiger partial charge in [0.15, 0.2) is 0 Å². The number of carbonyl (C=O) groups is 1. The summed E-state index contributed by atoms with van der Waals surface area (Å²) >= 11 is 0. The first-order chi connectivity index (χ1) is 17.7. The first kappa shape index (κ1) is 23.0. The van der Waals surface area contributed by atoms with Crippen molar-refractivity contribution >= 4 is 17.4 Å². The summed E-state index contributed by atoms with van der Waals surface area (Å²) in [4.78, 5) is 22.4. The Morgan fingerprint density at radius 2 is 1.31 bits per heavy atom. The number of aryl methyl sites for hydroxylation is 1. The Morgan fingerprint density at radius 3 is 1.94 bits per heavy atom. The fourth-order valence-electron chi connectivity index (χ4n) is 4.14. The zero-order valence-electron chi connectivity index (χ0n) is 19.9. The molecule has 1 aromatic heterocycles. The molecule has 0 fully saturated rings. The van der Waals surface area contributed by atoms with Gasteiger partial charge in [-0.1, -0.05) is 97.1 Å². The van der Waals surface area contributed by atoms with Crippen LogP contribution in [0.25, 0.3) is 11.3 Å². The Hall–Kier alpha value is -4.77. The van der Waals surface area contributed by atoms with Crippen molar-refractivity contribution in [2.75, 3.05) is 5.32 Å². The SMILES string of the molecule is Cc1nc(Nc2cccc(C(=O)NC(c3ccccc3)c3ccccc3)c2)cc(-c2ccccc2)n1. The molecule has 0 aliphatic rings. The molecule has 0 aliphatic carbocycles. The Bertz CT molecular complexity index is 1410. The second kappa shape index (κ2) is 10.7. The number of hydrogen-bond donors (Lipinski definition) is 2. The second-order valence-electron chi connectivity index (χ2n) is 8.49. The van der Waals surface area contributed by atoms with Crippen molar-refractivity contribution in [1.82, 2.24) is 15.3 Å². The molecule has 2 N–H and O–H groups in total. The first-order valence-corrected chi connectivity index (χ1v) is 11.8. The van der Waals surface area contributed by atoms with Crippen LogP contribution in [0.15, 0.2) is 121 Å². The highest BCUT2D eigenvalue weighted by Crippen LogP contribution is 2.25. The Labute approximate surface area is 210 Å². The number of aromatic nitrogens is 2. The van der Waals surface area contributed by atoms with E-state index in [-0.39, 0.29) is 11.9 Å². The van der Waals surface area contributed by atoms with Gasteiger partial charge >= 0.3 is 0 Å². The largest absolute Gasteiger partial charge is 0.341 e. The average molecular weight is 471 g/mol. The van der Waals surface area contributed by atoms with Crippen molar-refractivity contribution in [2.24, 2.45) is 0 Å². The van der Waals surface area contributed by atoms with Crippen LogP contribution in [-0.4, -0.2) is 15.9 Å². The van der Waals surface area contributed by atoms with Crippen LogP contribution in [0.3, 0.4) is 0 Å². The Balaban J connectivity index is 1.38. The van der Waals surface area contributed by atoms with Gasteiger partial charge in [0.25, 0.3) is 5.91 Å². The number of benzene rings is 4. The van der Waals surface area contributed by atoms with E-state index in [1.807, 2.05) is 128 Å². The molecule has 0 atom stereocenters. The highest BCUT2D eigenvalue weighted by molar-refractivity contribution is 5.95. The lowest BCUT2D eigenvalue weighted by molar-refractivity contribution is 0.0943. The highest BCUT2D eigenvalue weighted by atomic mass is 16.1. The molecule has 0 saturated heterocycles. The minimum Gasteiger partial charge on any atom is -0.341 e. The number of nitrogens with one attached hydrogen (secondary N) is 2. The number of rotatable bonds is 7. The van der Waals surface area contributed by atoms with E-state index in [0.717, 1.165) is 28.1 Å². The summed E-state index contributed by atoms with van der Waals surface area (Å²) in [5.74, 6) is 1.19. The third-order valence-electron chi connectivity index (χ3n) is 5.85. The minimum atomic E-state index is -0.255. The third-order valence-corrected chi connectivity index (χ3v) is 5.85. The van der Waals surface area contributed by atoms with Gasteiger partial charge in [0, 0.05) is 22.9 Å². The van der Waals surface area contributed by atoms with Crippen molar-refractivity contribution in [2.45, 2.75) is 13.0 Å². The van der Waals surface area contributed by atoms with E-state index >= 15 is 0 Å². The van der Waals surface area contributed by atoms with Crippen molar-refractivity contribution < 1.29 is 4.79 Å². The van der Waals surface area contributed by atoms with E-state index < -0.39 is 0 Å². The normalized spacial score (nSPS) is 10.7. The number of amides is 1. The van der Waals surface area contributed by atoms with Gasteiger partial charge in [0.2, 0.25) is 0 Å². The third kappa shape index (κ3) is 5.47. The van der Waals surface area contributed by atoms with Crippen molar-refractivity contribution in [3.8, 4) is 11.3 Å². The van der Waals surface area contributed by atoms with Crippen LogP contribution in [0.5, 0.6) is 0 Å². The van der Waals surface area contributed by atoms with Crippen molar-refractivity contribution in [3.05, 3.63) is 144 Å². The second-order valence-corrected chi connectivity index (χ2v) is 8.49. The summed E-state index contributed by atoms with van der Waals surface area (Å²) in [6, 6.07) is 39.1. The molecule has 0 bridgehead atoms. The van der Waals surface area contributed by atoms with Gasteiger partial charge in [-0.25, -0.2) is 9.97 Å². The maximum absolute atomic E-state index is 13.3. The Kier molecular flexibility index (Phi) is 6.81. The zero-order valence-corrected chi connectivity index (χ0v) is 19.9. The maximum atomic E-state index is 13.3. The molecule has 0 radical (unpaired) electrons. The molecule has 5 nitrogen and oxygen atoms in total. The van der Waals surface area contributed by atoms with Gasteiger partial charge in [-0.3, -0.25) is 4.79 Å². The van der Waals surface area contributed by atoms with E-state index in [2.05, 4.69) is 20.6 Å². The molecule has 0 unspecified atom stereocenters. The first-order valence-electron chi connectivity index (χ1n) is 11.8. The van der Waals surface area contributed by atoms with E-state index in [4.69, 9.17) is 0 Å². The predicted molar refractivity (Wildman–Crippen MR) is 144 cm³/mol.